The summed E-state index contributed by atoms with van der Waals surface area (Å²) in [6.45, 7) is 5.06. The predicted octanol–water partition coefficient (Wildman–Crippen LogP) is 0.442. The lowest BCUT2D eigenvalue weighted by atomic mass is 10.0. The van der Waals surface area contributed by atoms with E-state index in [1.165, 1.54) is 6.42 Å². The highest BCUT2D eigenvalue weighted by Gasteiger charge is 2.15. The number of likely N-dealkylation sites (N-methyl/N-ethyl adjacent to an activating group) is 1. The van der Waals surface area contributed by atoms with Crippen LogP contribution in [0.3, 0.4) is 0 Å². The number of nitrogens with one attached hydrogen (secondary N) is 2. The Hall–Kier alpha value is -0.610. The van der Waals surface area contributed by atoms with Crippen molar-refractivity contribution in [3.8, 4) is 0 Å². The van der Waals surface area contributed by atoms with Crippen LogP contribution >= 0.6 is 0 Å². The van der Waals surface area contributed by atoms with Gasteiger partial charge in [-0.15, -0.1) is 0 Å². The molecular formula is C12H25N3O. The number of hydrogen-bond donors (Lipinski definition) is 2. The first kappa shape index (κ1) is 13.5. The molecule has 1 fully saturated rings. The van der Waals surface area contributed by atoms with Crippen molar-refractivity contribution in [3.05, 3.63) is 0 Å². The minimum atomic E-state index is 0.195. The van der Waals surface area contributed by atoms with E-state index in [1.54, 1.807) is 0 Å². The summed E-state index contributed by atoms with van der Waals surface area (Å²) in [5, 5.41) is 6.31. The summed E-state index contributed by atoms with van der Waals surface area (Å²) in [5.74, 6) is 0.901. The van der Waals surface area contributed by atoms with E-state index in [0.717, 1.165) is 26.1 Å². The second kappa shape index (κ2) is 6.86. The molecule has 4 heteroatoms. The predicted molar refractivity (Wildman–Crippen MR) is 66.4 cm³/mol. The molecule has 0 aromatic carbocycles. The molecule has 0 bridgehead atoms. The highest BCUT2D eigenvalue weighted by atomic mass is 16.1. The van der Waals surface area contributed by atoms with Crippen molar-refractivity contribution in [3.63, 3.8) is 0 Å². The Labute approximate surface area is 98.8 Å². The van der Waals surface area contributed by atoms with Crippen molar-refractivity contribution in [2.45, 2.75) is 32.2 Å². The molecule has 0 saturated carbocycles. The van der Waals surface area contributed by atoms with Gasteiger partial charge >= 0.3 is 0 Å². The normalized spacial score (nSPS) is 22.4. The lowest BCUT2D eigenvalue weighted by Gasteiger charge is -2.20. The molecule has 1 saturated heterocycles. The molecular weight excluding hydrogens is 202 g/mol. The smallest absolute Gasteiger partial charge is 0.220 e. The summed E-state index contributed by atoms with van der Waals surface area (Å²) in [6.07, 6.45) is 2.92. The Bertz CT molecular complexity index is 204. The van der Waals surface area contributed by atoms with Gasteiger partial charge in [0, 0.05) is 19.0 Å². The van der Waals surface area contributed by atoms with E-state index in [9.17, 15) is 4.79 Å². The van der Waals surface area contributed by atoms with Crippen LogP contribution in [0.5, 0.6) is 0 Å². The molecule has 2 N–H and O–H groups in total. The second-order valence-electron chi connectivity index (χ2n) is 5.01. The first-order valence-electron chi connectivity index (χ1n) is 6.23. The molecule has 1 heterocycles. The van der Waals surface area contributed by atoms with E-state index in [1.807, 2.05) is 14.1 Å². The molecule has 0 aromatic heterocycles. The van der Waals surface area contributed by atoms with E-state index in [-0.39, 0.29) is 5.91 Å². The summed E-state index contributed by atoms with van der Waals surface area (Å²) in [5.41, 5.74) is 0. The van der Waals surface area contributed by atoms with Crippen LogP contribution in [0.4, 0.5) is 0 Å². The van der Waals surface area contributed by atoms with E-state index >= 15 is 0 Å². The summed E-state index contributed by atoms with van der Waals surface area (Å²) < 4.78 is 0. The average Bonchev–Trinajstić information content (AvgIpc) is 2.75. The number of rotatable bonds is 6. The molecule has 1 aliphatic rings. The summed E-state index contributed by atoms with van der Waals surface area (Å²) in [6, 6.07) is 0.400. The Morgan fingerprint density at radius 3 is 2.88 bits per heavy atom. The maximum atomic E-state index is 11.6. The van der Waals surface area contributed by atoms with E-state index in [2.05, 4.69) is 22.5 Å². The van der Waals surface area contributed by atoms with Crippen molar-refractivity contribution < 1.29 is 4.79 Å². The Morgan fingerprint density at radius 2 is 2.31 bits per heavy atom. The third-order valence-electron chi connectivity index (χ3n) is 3.42. The van der Waals surface area contributed by atoms with E-state index in [4.69, 9.17) is 0 Å². The summed E-state index contributed by atoms with van der Waals surface area (Å²) >= 11 is 0. The lowest BCUT2D eigenvalue weighted by molar-refractivity contribution is -0.121. The molecule has 0 aromatic rings. The van der Waals surface area contributed by atoms with Gasteiger partial charge in [0.2, 0.25) is 5.91 Å². The quantitative estimate of drug-likeness (QED) is 0.692. The molecule has 1 aliphatic heterocycles. The zero-order valence-corrected chi connectivity index (χ0v) is 10.8. The fraction of sp³-hybridized carbons (Fsp3) is 0.917. The van der Waals surface area contributed by atoms with Gasteiger partial charge in [-0.25, -0.2) is 0 Å². The number of hydrogen-bond acceptors (Lipinski definition) is 3. The first-order valence-corrected chi connectivity index (χ1v) is 6.23. The molecule has 0 aliphatic carbocycles. The second-order valence-corrected chi connectivity index (χ2v) is 5.01. The zero-order chi connectivity index (χ0) is 12.0. The van der Waals surface area contributed by atoms with Crippen LogP contribution in [0.25, 0.3) is 0 Å². The summed E-state index contributed by atoms with van der Waals surface area (Å²) in [7, 11) is 4.06. The molecule has 0 radical (unpaired) electrons. The number of carbonyl (C=O) groups excluding carboxylic acids is 1. The first-order chi connectivity index (χ1) is 7.59. The Balaban J connectivity index is 2.06. The van der Waals surface area contributed by atoms with Gasteiger partial charge in [-0.1, -0.05) is 0 Å². The van der Waals surface area contributed by atoms with Gasteiger partial charge < -0.3 is 15.5 Å². The van der Waals surface area contributed by atoms with Crippen LogP contribution in [0.2, 0.25) is 0 Å². The molecule has 4 nitrogen and oxygen atoms in total. The highest BCUT2D eigenvalue weighted by Crippen LogP contribution is 2.13. The molecule has 16 heavy (non-hydrogen) atoms. The molecule has 1 amide bonds. The number of carbonyl (C=O) groups is 1. The van der Waals surface area contributed by atoms with Gasteiger partial charge in [-0.05, 0) is 52.9 Å². The van der Waals surface area contributed by atoms with Gasteiger partial charge in [-0.2, -0.15) is 0 Å². The Morgan fingerprint density at radius 1 is 1.56 bits per heavy atom. The largest absolute Gasteiger partial charge is 0.355 e. The van der Waals surface area contributed by atoms with Crippen molar-refractivity contribution in [2.75, 3.05) is 33.7 Å². The van der Waals surface area contributed by atoms with Gasteiger partial charge in [0.15, 0.2) is 0 Å². The van der Waals surface area contributed by atoms with Crippen molar-refractivity contribution in [1.82, 2.24) is 15.5 Å². The molecule has 2 unspecified atom stereocenters. The average molecular weight is 227 g/mol. The van der Waals surface area contributed by atoms with Gasteiger partial charge in [0.1, 0.15) is 0 Å². The SMILES string of the molecule is CC(CNC(=O)CCC1CCNC1)N(C)C. The van der Waals surface area contributed by atoms with E-state index in [0.29, 0.717) is 18.4 Å². The van der Waals surface area contributed by atoms with Crippen LogP contribution in [0, 0.1) is 5.92 Å². The Kier molecular flexibility index (Phi) is 5.77. The maximum absolute atomic E-state index is 11.6. The number of nitrogens with zero attached hydrogens (tertiary/aromatic N) is 1. The van der Waals surface area contributed by atoms with E-state index < -0.39 is 0 Å². The monoisotopic (exact) mass is 227 g/mol. The maximum Gasteiger partial charge on any atom is 0.220 e. The highest BCUT2D eigenvalue weighted by molar-refractivity contribution is 5.75. The van der Waals surface area contributed by atoms with Gasteiger partial charge in [-0.3, -0.25) is 4.79 Å². The van der Waals surface area contributed by atoms with Crippen LogP contribution < -0.4 is 10.6 Å². The van der Waals surface area contributed by atoms with Crippen LogP contribution in [0.15, 0.2) is 0 Å². The van der Waals surface area contributed by atoms with Crippen molar-refractivity contribution >= 4 is 5.91 Å². The summed E-state index contributed by atoms with van der Waals surface area (Å²) in [4.78, 5) is 13.7. The molecule has 2 atom stereocenters. The zero-order valence-electron chi connectivity index (χ0n) is 10.8. The third-order valence-corrected chi connectivity index (χ3v) is 3.42. The van der Waals surface area contributed by atoms with Crippen LogP contribution in [-0.2, 0) is 4.79 Å². The van der Waals surface area contributed by atoms with Gasteiger partial charge in [0.25, 0.3) is 0 Å². The minimum Gasteiger partial charge on any atom is -0.355 e. The van der Waals surface area contributed by atoms with Crippen LogP contribution in [-0.4, -0.2) is 50.6 Å². The third kappa shape index (κ3) is 4.94. The molecule has 94 valence electrons. The number of amides is 1. The molecule has 0 spiro atoms. The molecule has 1 rings (SSSR count). The topological polar surface area (TPSA) is 44.4 Å². The fourth-order valence-electron chi connectivity index (χ4n) is 1.83. The van der Waals surface area contributed by atoms with Crippen LogP contribution in [0.1, 0.15) is 26.2 Å². The minimum absolute atomic E-state index is 0.195. The fourth-order valence-corrected chi connectivity index (χ4v) is 1.83. The van der Waals surface area contributed by atoms with Crippen molar-refractivity contribution in [1.29, 1.82) is 0 Å². The van der Waals surface area contributed by atoms with Crippen molar-refractivity contribution in [2.24, 2.45) is 5.92 Å². The van der Waals surface area contributed by atoms with Gasteiger partial charge in [0.05, 0.1) is 0 Å². The lowest BCUT2D eigenvalue weighted by Crippen LogP contribution is -2.38. The standard InChI is InChI=1S/C12H25N3O/c1-10(15(2)3)8-14-12(16)5-4-11-6-7-13-9-11/h10-11,13H,4-9H2,1-3H3,(H,14,16).